The molecule has 0 spiro atoms. The number of fused-ring (bicyclic) bond motifs is 1. The normalized spacial score (nSPS) is 17.6. The number of esters is 1. The summed E-state index contributed by atoms with van der Waals surface area (Å²) >= 11 is 0. The van der Waals surface area contributed by atoms with Crippen LogP contribution in [0.1, 0.15) is 48.7 Å². The fraction of sp³-hybridized carbons (Fsp3) is 0.467. The number of carbonyl (C=O) groups excluding carboxylic acids is 3. The number of nitrogens with zero attached hydrogens (tertiary/aromatic N) is 3. The Kier molecular flexibility index (Phi) is 8.64. The summed E-state index contributed by atoms with van der Waals surface area (Å²) in [5.41, 5.74) is 3.33. The summed E-state index contributed by atoms with van der Waals surface area (Å²) in [4.78, 5) is 44.7. The Labute approximate surface area is 234 Å². The monoisotopic (exact) mass is 547 g/mol. The van der Waals surface area contributed by atoms with E-state index in [-0.39, 0.29) is 29.5 Å². The van der Waals surface area contributed by atoms with Crippen molar-refractivity contribution < 1.29 is 23.9 Å². The predicted octanol–water partition coefficient (Wildman–Crippen LogP) is 3.85. The SMILES string of the molecule is COC(=O)c1c(NC(=O)[C@H]2CCOC2)c2cc(NC3CCN(C(C)=O)CC3)cnc2n1CCCc1ccccc1. The Bertz CT molecular complexity index is 1360. The van der Waals surface area contributed by atoms with Gasteiger partial charge in [0.25, 0.3) is 0 Å². The summed E-state index contributed by atoms with van der Waals surface area (Å²) in [5.74, 6) is -0.885. The van der Waals surface area contributed by atoms with E-state index < -0.39 is 5.97 Å². The number of carbonyl (C=O) groups is 3. The number of aryl methyl sites for hydroxylation is 2. The van der Waals surface area contributed by atoms with E-state index in [1.807, 2.05) is 33.7 Å². The van der Waals surface area contributed by atoms with Gasteiger partial charge in [-0.05, 0) is 43.7 Å². The van der Waals surface area contributed by atoms with Crippen LogP contribution < -0.4 is 10.6 Å². The molecular formula is C30H37N5O5. The third-order valence-electron chi connectivity index (χ3n) is 7.83. The van der Waals surface area contributed by atoms with Gasteiger partial charge in [-0.15, -0.1) is 0 Å². The fourth-order valence-electron chi connectivity index (χ4n) is 5.58. The lowest BCUT2D eigenvalue weighted by Crippen LogP contribution is -2.41. The number of ether oxygens (including phenoxy) is 2. The zero-order valence-corrected chi connectivity index (χ0v) is 23.2. The molecule has 40 heavy (non-hydrogen) atoms. The number of benzene rings is 1. The van der Waals surface area contributed by atoms with Crippen LogP contribution in [-0.2, 0) is 32.0 Å². The average Bonchev–Trinajstić information content (AvgIpc) is 3.61. The predicted molar refractivity (Wildman–Crippen MR) is 152 cm³/mol. The molecule has 1 atom stereocenters. The standard InChI is InChI=1S/C30H37N5O5/c1-20(36)34-14-10-23(11-15-34)32-24-17-25-26(33-29(37)22-12-16-40-19-22)27(30(38)39-2)35(28(25)31-18-24)13-6-9-21-7-4-3-5-8-21/h3-5,7-8,17-18,22-23,32H,6,9-16,19H2,1-2H3,(H,33,37)/t22-/m0/s1. The highest BCUT2D eigenvalue weighted by Crippen LogP contribution is 2.34. The lowest BCUT2D eigenvalue weighted by atomic mass is 10.0. The van der Waals surface area contributed by atoms with Crippen molar-refractivity contribution in [3.8, 4) is 0 Å². The van der Waals surface area contributed by atoms with Crippen molar-refractivity contribution in [2.45, 2.75) is 51.6 Å². The lowest BCUT2D eigenvalue weighted by Gasteiger charge is -2.32. The number of methoxy groups -OCH3 is 1. The summed E-state index contributed by atoms with van der Waals surface area (Å²) in [6.45, 7) is 4.44. The Morgan fingerprint density at radius 3 is 2.58 bits per heavy atom. The van der Waals surface area contributed by atoms with Gasteiger partial charge in [0.15, 0.2) is 5.69 Å². The Morgan fingerprint density at radius 1 is 1.12 bits per heavy atom. The highest BCUT2D eigenvalue weighted by atomic mass is 16.5. The van der Waals surface area contributed by atoms with E-state index >= 15 is 0 Å². The molecule has 2 aliphatic rings. The summed E-state index contributed by atoms with van der Waals surface area (Å²) in [6.07, 6.45) is 5.68. The van der Waals surface area contributed by atoms with Gasteiger partial charge < -0.3 is 29.6 Å². The van der Waals surface area contributed by atoms with E-state index in [2.05, 4.69) is 22.8 Å². The molecule has 2 fully saturated rings. The third-order valence-corrected chi connectivity index (χ3v) is 7.83. The van der Waals surface area contributed by atoms with Crippen LogP contribution in [0.4, 0.5) is 11.4 Å². The minimum absolute atomic E-state index is 0.0959. The number of anilines is 2. The van der Waals surface area contributed by atoms with Gasteiger partial charge in [0.1, 0.15) is 5.65 Å². The summed E-state index contributed by atoms with van der Waals surface area (Å²) in [6, 6.07) is 12.3. The minimum Gasteiger partial charge on any atom is -0.464 e. The van der Waals surface area contributed by atoms with Crippen LogP contribution in [0.25, 0.3) is 11.0 Å². The first-order valence-corrected chi connectivity index (χ1v) is 14.0. The van der Waals surface area contributed by atoms with Crippen LogP contribution in [0.3, 0.4) is 0 Å². The molecule has 0 bridgehead atoms. The molecule has 10 nitrogen and oxygen atoms in total. The molecule has 2 aliphatic heterocycles. The van der Waals surface area contributed by atoms with Gasteiger partial charge in [0.2, 0.25) is 11.8 Å². The second kappa shape index (κ2) is 12.5. The number of hydrogen-bond acceptors (Lipinski definition) is 7. The van der Waals surface area contributed by atoms with Crippen molar-refractivity contribution in [3.63, 3.8) is 0 Å². The van der Waals surface area contributed by atoms with Crippen molar-refractivity contribution in [1.29, 1.82) is 0 Å². The second-order valence-corrected chi connectivity index (χ2v) is 10.5. The largest absolute Gasteiger partial charge is 0.464 e. The van der Waals surface area contributed by atoms with Crippen LogP contribution in [0, 0.1) is 5.92 Å². The number of nitrogens with one attached hydrogen (secondary N) is 2. The van der Waals surface area contributed by atoms with Crippen LogP contribution in [-0.4, -0.2) is 71.7 Å². The van der Waals surface area contributed by atoms with Gasteiger partial charge in [-0.25, -0.2) is 9.78 Å². The van der Waals surface area contributed by atoms with Crippen LogP contribution in [0.2, 0.25) is 0 Å². The molecule has 3 aromatic rings. The molecule has 2 N–H and O–H groups in total. The summed E-state index contributed by atoms with van der Waals surface area (Å²) < 4.78 is 12.5. The van der Waals surface area contributed by atoms with E-state index in [9.17, 15) is 14.4 Å². The van der Waals surface area contributed by atoms with Crippen molar-refractivity contribution in [1.82, 2.24) is 14.5 Å². The zero-order valence-electron chi connectivity index (χ0n) is 23.2. The number of amides is 2. The molecule has 0 unspecified atom stereocenters. The van der Waals surface area contributed by atoms with E-state index in [1.165, 1.54) is 12.7 Å². The number of rotatable bonds is 9. The summed E-state index contributed by atoms with van der Waals surface area (Å²) in [5, 5.41) is 7.26. The lowest BCUT2D eigenvalue weighted by molar-refractivity contribution is -0.129. The molecule has 2 saturated heterocycles. The molecule has 212 valence electrons. The Hall–Kier alpha value is -3.92. The fourth-order valence-corrected chi connectivity index (χ4v) is 5.58. The molecule has 0 radical (unpaired) electrons. The van der Waals surface area contributed by atoms with E-state index in [4.69, 9.17) is 14.5 Å². The van der Waals surface area contributed by atoms with Crippen molar-refractivity contribution in [3.05, 3.63) is 53.9 Å². The maximum Gasteiger partial charge on any atom is 0.356 e. The van der Waals surface area contributed by atoms with Gasteiger partial charge >= 0.3 is 5.97 Å². The van der Waals surface area contributed by atoms with Crippen LogP contribution >= 0.6 is 0 Å². The van der Waals surface area contributed by atoms with E-state index in [0.717, 1.165) is 31.4 Å². The third kappa shape index (κ3) is 6.12. The number of aromatic nitrogens is 2. The van der Waals surface area contributed by atoms with Crippen molar-refractivity contribution in [2.75, 3.05) is 44.0 Å². The molecule has 0 aliphatic carbocycles. The van der Waals surface area contributed by atoms with Crippen molar-refractivity contribution in [2.24, 2.45) is 5.92 Å². The molecule has 0 saturated carbocycles. The van der Waals surface area contributed by atoms with Gasteiger partial charge in [-0.3, -0.25) is 9.59 Å². The Morgan fingerprint density at radius 2 is 1.90 bits per heavy atom. The zero-order chi connectivity index (χ0) is 28.1. The highest BCUT2D eigenvalue weighted by molar-refractivity contribution is 6.11. The quantitative estimate of drug-likeness (QED) is 0.391. The number of pyridine rings is 1. The molecule has 5 rings (SSSR count). The van der Waals surface area contributed by atoms with Gasteiger partial charge in [0.05, 0.1) is 37.2 Å². The second-order valence-electron chi connectivity index (χ2n) is 10.5. The average molecular weight is 548 g/mol. The molecule has 1 aromatic carbocycles. The van der Waals surface area contributed by atoms with Crippen molar-refractivity contribution >= 4 is 40.2 Å². The van der Waals surface area contributed by atoms with Crippen LogP contribution in [0.5, 0.6) is 0 Å². The molecule has 4 heterocycles. The number of hydrogen-bond donors (Lipinski definition) is 2. The topological polar surface area (TPSA) is 115 Å². The first kappa shape index (κ1) is 27.6. The van der Waals surface area contributed by atoms with Gasteiger partial charge in [0, 0.05) is 44.6 Å². The number of piperidine rings is 1. The molecular weight excluding hydrogens is 510 g/mol. The van der Waals surface area contributed by atoms with Gasteiger partial charge in [-0.1, -0.05) is 30.3 Å². The number of likely N-dealkylation sites (tertiary alicyclic amines) is 1. The molecule has 2 amide bonds. The van der Waals surface area contributed by atoms with E-state index in [0.29, 0.717) is 56.0 Å². The highest BCUT2D eigenvalue weighted by Gasteiger charge is 2.30. The van der Waals surface area contributed by atoms with Gasteiger partial charge in [-0.2, -0.15) is 0 Å². The van der Waals surface area contributed by atoms with Crippen LogP contribution in [0.15, 0.2) is 42.6 Å². The van der Waals surface area contributed by atoms with E-state index in [1.54, 1.807) is 13.1 Å². The first-order valence-electron chi connectivity index (χ1n) is 14.0. The Balaban J connectivity index is 1.46. The maximum absolute atomic E-state index is 13.2. The first-order chi connectivity index (χ1) is 19.4. The maximum atomic E-state index is 13.2. The molecule has 2 aromatic heterocycles. The molecule has 10 heteroatoms. The smallest absolute Gasteiger partial charge is 0.356 e. The minimum atomic E-state index is -0.526. The summed E-state index contributed by atoms with van der Waals surface area (Å²) in [7, 11) is 1.35.